The van der Waals surface area contributed by atoms with Gasteiger partial charge in [0.05, 0.1) is 40.9 Å². The molecule has 2 heterocycles. The van der Waals surface area contributed by atoms with Crippen LogP contribution in [0.15, 0.2) is 41.3 Å². The molecule has 2 aromatic rings. The second-order valence-corrected chi connectivity index (χ2v) is 10.5. The molecule has 0 aromatic heterocycles. The number of carbonyl (C=O) groups excluding carboxylic acids is 1. The van der Waals surface area contributed by atoms with E-state index in [0.717, 1.165) is 6.42 Å². The standard InChI is InChI=1S/C23H26ClNO7S/c1-15-12-25(13-16(2)32-15)33(27,28)19-6-4-18(5-7-19)23(26)31-14-17-10-20(24)22-21(11-17)29-8-3-9-30-22/h4-7,10-11,15-16H,3,8-9,12-14H2,1-2H3/t15-,16-/m0/s1. The van der Waals surface area contributed by atoms with Crippen molar-refractivity contribution >= 4 is 27.6 Å². The number of morpholine rings is 1. The van der Waals surface area contributed by atoms with Crippen LogP contribution in [-0.4, -0.2) is 57.2 Å². The Kier molecular flexibility index (Phi) is 7.13. The normalized spacial score (nSPS) is 21.3. The monoisotopic (exact) mass is 495 g/mol. The van der Waals surface area contributed by atoms with E-state index in [1.54, 1.807) is 12.1 Å². The molecule has 2 aromatic carbocycles. The highest BCUT2D eigenvalue weighted by molar-refractivity contribution is 7.89. The van der Waals surface area contributed by atoms with E-state index in [1.807, 2.05) is 13.8 Å². The third-order valence-corrected chi connectivity index (χ3v) is 7.47. The Morgan fingerprint density at radius 2 is 1.76 bits per heavy atom. The Hall–Kier alpha value is -2.33. The van der Waals surface area contributed by atoms with Crippen LogP contribution in [0.2, 0.25) is 5.02 Å². The first-order valence-electron chi connectivity index (χ1n) is 10.7. The third-order valence-electron chi connectivity index (χ3n) is 5.35. The van der Waals surface area contributed by atoms with Gasteiger partial charge in [0.25, 0.3) is 0 Å². The summed E-state index contributed by atoms with van der Waals surface area (Å²) in [5, 5.41) is 0.391. The number of esters is 1. The number of ether oxygens (including phenoxy) is 4. The van der Waals surface area contributed by atoms with E-state index in [2.05, 4.69) is 0 Å². The lowest BCUT2D eigenvalue weighted by molar-refractivity contribution is -0.0440. The molecule has 8 nitrogen and oxygen atoms in total. The van der Waals surface area contributed by atoms with Gasteiger partial charge < -0.3 is 18.9 Å². The number of halogens is 1. The van der Waals surface area contributed by atoms with E-state index in [-0.39, 0.29) is 42.4 Å². The largest absolute Gasteiger partial charge is 0.489 e. The van der Waals surface area contributed by atoms with Crippen molar-refractivity contribution in [3.05, 3.63) is 52.5 Å². The number of rotatable bonds is 5. The van der Waals surface area contributed by atoms with Gasteiger partial charge in [-0.05, 0) is 55.8 Å². The van der Waals surface area contributed by atoms with Gasteiger partial charge in [0.15, 0.2) is 11.5 Å². The number of sulfonamides is 1. The van der Waals surface area contributed by atoms with E-state index in [4.69, 9.17) is 30.5 Å². The first-order chi connectivity index (χ1) is 15.7. The fraction of sp³-hybridized carbons (Fsp3) is 0.435. The molecular formula is C23H26ClNO7S. The fourth-order valence-electron chi connectivity index (χ4n) is 3.84. The Morgan fingerprint density at radius 1 is 1.09 bits per heavy atom. The molecule has 0 unspecified atom stereocenters. The molecule has 1 fully saturated rings. The first-order valence-corrected chi connectivity index (χ1v) is 12.6. The molecule has 4 rings (SSSR count). The van der Waals surface area contributed by atoms with Crippen molar-refractivity contribution in [1.29, 1.82) is 0 Å². The minimum atomic E-state index is -3.68. The Bertz CT molecular complexity index is 1110. The zero-order valence-corrected chi connectivity index (χ0v) is 20.0. The SMILES string of the molecule is C[C@H]1CN(S(=O)(=O)c2ccc(C(=O)OCc3cc(Cl)c4c(c3)OCCCO4)cc2)C[C@H](C)O1. The number of fused-ring (bicyclic) bond motifs is 1. The maximum Gasteiger partial charge on any atom is 0.338 e. The van der Waals surface area contributed by atoms with Gasteiger partial charge in [-0.15, -0.1) is 0 Å². The minimum Gasteiger partial charge on any atom is -0.489 e. The van der Waals surface area contributed by atoms with Gasteiger partial charge in [-0.3, -0.25) is 0 Å². The lowest BCUT2D eigenvalue weighted by Gasteiger charge is -2.34. The van der Waals surface area contributed by atoms with Crippen molar-refractivity contribution in [3.8, 4) is 11.5 Å². The predicted molar refractivity (Wildman–Crippen MR) is 121 cm³/mol. The predicted octanol–water partition coefficient (Wildman–Crippen LogP) is 3.66. The van der Waals surface area contributed by atoms with E-state index in [1.165, 1.54) is 28.6 Å². The highest BCUT2D eigenvalue weighted by atomic mass is 35.5. The van der Waals surface area contributed by atoms with Gasteiger partial charge in [0.1, 0.15) is 6.61 Å². The average molecular weight is 496 g/mol. The van der Waals surface area contributed by atoms with E-state index < -0.39 is 16.0 Å². The Labute approximate surface area is 198 Å². The van der Waals surface area contributed by atoms with Crippen LogP contribution in [0.5, 0.6) is 11.5 Å². The summed E-state index contributed by atoms with van der Waals surface area (Å²) in [4.78, 5) is 12.6. The molecule has 2 atom stereocenters. The maximum absolute atomic E-state index is 13.0. The molecule has 0 saturated carbocycles. The summed E-state index contributed by atoms with van der Waals surface area (Å²) in [6.45, 7) is 5.28. The van der Waals surface area contributed by atoms with Crippen molar-refractivity contribution in [2.75, 3.05) is 26.3 Å². The van der Waals surface area contributed by atoms with Gasteiger partial charge in [0.2, 0.25) is 10.0 Å². The molecule has 2 aliphatic heterocycles. The quantitative estimate of drug-likeness (QED) is 0.584. The summed E-state index contributed by atoms with van der Waals surface area (Å²) in [5.41, 5.74) is 0.908. The van der Waals surface area contributed by atoms with Crippen LogP contribution in [0.25, 0.3) is 0 Å². The summed E-state index contributed by atoms with van der Waals surface area (Å²) < 4.78 is 49.6. The summed E-state index contributed by atoms with van der Waals surface area (Å²) >= 11 is 6.28. The molecule has 0 radical (unpaired) electrons. The second-order valence-electron chi connectivity index (χ2n) is 8.14. The van der Waals surface area contributed by atoms with Crippen molar-refractivity contribution in [3.63, 3.8) is 0 Å². The lowest BCUT2D eigenvalue weighted by atomic mass is 10.2. The van der Waals surface area contributed by atoms with Crippen molar-refractivity contribution in [2.45, 2.75) is 44.0 Å². The molecule has 0 amide bonds. The van der Waals surface area contributed by atoms with Crippen molar-refractivity contribution in [2.24, 2.45) is 0 Å². The van der Waals surface area contributed by atoms with Crippen molar-refractivity contribution in [1.82, 2.24) is 4.31 Å². The number of carbonyl (C=O) groups is 1. The Balaban J connectivity index is 1.42. The number of hydrogen-bond donors (Lipinski definition) is 0. The molecule has 0 N–H and O–H groups in total. The molecule has 2 aliphatic rings. The smallest absolute Gasteiger partial charge is 0.338 e. The van der Waals surface area contributed by atoms with Crippen LogP contribution in [0.4, 0.5) is 0 Å². The molecule has 1 saturated heterocycles. The van der Waals surface area contributed by atoms with E-state index >= 15 is 0 Å². The highest BCUT2D eigenvalue weighted by Gasteiger charge is 2.32. The number of nitrogens with zero attached hydrogens (tertiary/aromatic N) is 1. The Morgan fingerprint density at radius 3 is 2.45 bits per heavy atom. The molecule has 0 spiro atoms. The van der Waals surface area contributed by atoms with Gasteiger partial charge in [-0.25, -0.2) is 13.2 Å². The summed E-state index contributed by atoms with van der Waals surface area (Å²) in [6.07, 6.45) is 0.386. The van der Waals surface area contributed by atoms with Crippen LogP contribution in [0, 0.1) is 0 Å². The minimum absolute atomic E-state index is 0.0151. The van der Waals surface area contributed by atoms with Gasteiger partial charge in [-0.1, -0.05) is 11.6 Å². The van der Waals surface area contributed by atoms with Crippen LogP contribution in [-0.2, 0) is 26.1 Å². The van der Waals surface area contributed by atoms with Crippen LogP contribution < -0.4 is 9.47 Å². The molecule has 0 bridgehead atoms. The fourth-order valence-corrected chi connectivity index (χ4v) is 5.72. The lowest BCUT2D eigenvalue weighted by Crippen LogP contribution is -2.48. The zero-order valence-electron chi connectivity index (χ0n) is 18.5. The first kappa shape index (κ1) is 23.8. The summed E-state index contributed by atoms with van der Waals surface area (Å²) in [6, 6.07) is 9.14. The molecule has 33 heavy (non-hydrogen) atoms. The zero-order chi connectivity index (χ0) is 23.6. The summed E-state index contributed by atoms with van der Waals surface area (Å²) in [7, 11) is -3.68. The molecule has 178 valence electrons. The van der Waals surface area contributed by atoms with Crippen LogP contribution >= 0.6 is 11.6 Å². The maximum atomic E-state index is 13.0. The van der Waals surface area contributed by atoms with Crippen LogP contribution in [0.3, 0.4) is 0 Å². The average Bonchev–Trinajstić information content (AvgIpc) is 3.03. The van der Waals surface area contributed by atoms with Gasteiger partial charge in [-0.2, -0.15) is 4.31 Å². The van der Waals surface area contributed by atoms with E-state index in [0.29, 0.717) is 35.3 Å². The second kappa shape index (κ2) is 9.89. The third kappa shape index (κ3) is 5.43. The van der Waals surface area contributed by atoms with E-state index in [9.17, 15) is 13.2 Å². The van der Waals surface area contributed by atoms with Gasteiger partial charge in [0, 0.05) is 19.5 Å². The molecular weight excluding hydrogens is 470 g/mol. The van der Waals surface area contributed by atoms with Gasteiger partial charge >= 0.3 is 5.97 Å². The topological polar surface area (TPSA) is 91.4 Å². The van der Waals surface area contributed by atoms with Crippen molar-refractivity contribution < 1.29 is 32.2 Å². The number of hydrogen-bond acceptors (Lipinski definition) is 7. The summed E-state index contributed by atoms with van der Waals surface area (Å²) in [5.74, 6) is 0.438. The number of benzene rings is 2. The van der Waals surface area contributed by atoms with Crippen LogP contribution in [0.1, 0.15) is 36.2 Å². The molecule has 0 aliphatic carbocycles. The highest BCUT2D eigenvalue weighted by Crippen LogP contribution is 2.38. The molecule has 10 heteroatoms.